The summed E-state index contributed by atoms with van der Waals surface area (Å²) in [7, 11) is 0. The SMILES string of the molecule is CSc1ccccc1-c1nccc(N2CCC[C@H](O)C2)n1. The van der Waals surface area contributed by atoms with Gasteiger partial charge in [-0.05, 0) is 31.2 Å². The molecule has 1 aliphatic heterocycles. The van der Waals surface area contributed by atoms with Gasteiger partial charge in [0.05, 0.1) is 6.10 Å². The molecule has 0 bridgehead atoms. The van der Waals surface area contributed by atoms with E-state index >= 15 is 0 Å². The molecule has 0 unspecified atom stereocenters. The first-order valence-corrected chi connectivity index (χ1v) is 8.40. The maximum atomic E-state index is 9.82. The van der Waals surface area contributed by atoms with Crippen molar-refractivity contribution in [2.75, 3.05) is 24.2 Å². The number of anilines is 1. The van der Waals surface area contributed by atoms with Crippen molar-refractivity contribution in [3.05, 3.63) is 36.5 Å². The minimum Gasteiger partial charge on any atom is -0.391 e. The first-order valence-electron chi connectivity index (χ1n) is 7.17. The Labute approximate surface area is 129 Å². The molecule has 21 heavy (non-hydrogen) atoms. The summed E-state index contributed by atoms with van der Waals surface area (Å²) in [5, 5.41) is 9.82. The van der Waals surface area contributed by atoms with E-state index in [2.05, 4.69) is 28.3 Å². The van der Waals surface area contributed by atoms with Crippen LogP contribution < -0.4 is 4.90 Å². The van der Waals surface area contributed by atoms with E-state index in [4.69, 9.17) is 4.98 Å². The van der Waals surface area contributed by atoms with Gasteiger partial charge >= 0.3 is 0 Å². The van der Waals surface area contributed by atoms with Gasteiger partial charge in [0.1, 0.15) is 5.82 Å². The molecule has 2 aromatic rings. The number of nitrogens with zero attached hydrogens (tertiary/aromatic N) is 3. The van der Waals surface area contributed by atoms with Gasteiger partial charge in [-0.3, -0.25) is 0 Å². The Morgan fingerprint density at radius 3 is 2.95 bits per heavy atom. The zero-order valence-corrected chi connectivity index (χ0v) is 12.9. The third kappa shape index (κ3) is 3.19. The zero-order valence-electron chi connectivity index (χ0n) is 12.1. The van der Waals surface area contributed by atoms with Crippen molar-refractivity contribution in [1.29, 1.82) is 0 Å². The summed E-state index contributed by atoms with van der Waals surface area (Å²) in [4.78, 5) is 12.4. The van der Waals surface area contributed by atoms with Crippen molar-refractivity contribution in [3.63, 3.8) is 0 Å². The smallest absolute Gasteiger partial charge is 0.162 e. The predicted molar refractivity (Wildman–Crippen MR) is 86.7 cm³/mol. The number of rotatable bonds is 3. The molecule has 1 atom stereocenters. The Morgan fingerprint density at radius 1 is 1.29 bits per heavy atom. The highest BCUT2D eigenvalue weighted by molar-refractivity contribution is 7.98. The summed E-state index contributed by atoms with van der Waals surface area (Å²) in [6.07, 6.45) is 5.49. The third-order valence-corrected chi connectivity index (χ3v) is 4.51. The van der Waals surface area contributed by atoms with Crippen LogP contribution in [0.1, 0.15) is 12.8 Å². The van der Waals surface area contributed by atoms with Crippen LogP contribution in [0, 0.1) is 0 Å². The second kappa shape index (κ2) is 6.45. The lowest BCUT2D eigenvalue weighted by Gasteiger charge is -2.31. The van der Waals surface area contributed by atoms with Crippen LogP contribution in [0.3, 0.4) is 0 Å². The summed E-state index contributed by atoms with van der Waals surface area (Å²) >= 11 is 1.70. The Bertz CT molecular complexity index is 620. The first kappa shape index (κ1) is 14.4. The summed E-state index contributed by atoms with van der Waals surface area (Å²) in [6, 6.07) is 10.1. The van der Waals surface area contributed by atoms with E-state index < -0.39 is 0 Å². The molecule has 110 valence electrons. The minimum atomic E-state index is -0.254. The number of aromatic nitrogens is 2. The van der Waals surface area contributed by atoms with E-state index in [0.29, 0.717) is 6.54 Å². The summed E-state index contributed by atoms with van der Waals surface area (Å²) in [6.45, 7) is 1.60. The van der Waals surface area contributed by atoms with Gasteiger partial charge < -0.3 is 10.0 Å². The molecule has 0 amide bonds. The lowest BCUT2D eigenvalue weighted by molar-refractivity contribution is 0.154. The van der Waals surface area contributed by atoms with Gasteiger partial charge in [-0.1, -0.05) is 18.2 Å². The third-order valence-electron chi connectivity index (χ3n) is 3.71. The standard InChI is InChI=1S/C16H19N3OS/c1-21-14-7-3-2-6-13(14)16-17-9-8-15(18-16)19-10-4-5-12(20)11-19/h2-3,6-9,12,20H,4-5,10-11H2,1H3/t12-/m0/s1. The number of hydrogen-bond donors (Lipinski definition) is 1. The van der Waals surface area contributed by atoms with Crippen LogP contribution in [0.2, 0.25) is 0 Å². The maximum absolute atomic E-state index is 9.82. The number of thioether (sulfide) groups is 1. The fourth-order valence-corrected chi connectivity index (χ4v) is 3.24. The van der Waals surface area contributed by atoms with Crippen molar-refractivity contribution in [1.82, 2.24) is 9.97 Å². The minimum absolute atomic E-state index is 0.254. The second-order valence-corrected chi connectivity index (χ2v) is 6.03. The first-order chi connectivity index (χ1) is 10.3. The van der Waals surface area contributed by atoms with E-state index in [1.54, 1.807) is 18.0 Å². The van der Waals surface area contributed by atoms with Crippen LogP contribution in [0.25, 0.3) is 11.4 Å². The molecular weight excluding hydrogens is 282 g/mol. The molecule has 0 aliphatic carbocycles. The van der Waals surface area contributed by atoms with Gasteiger partial charge in [-0.2, -0.15) is 0 Å². The molecule has 1 aromatic heterocycles. The lowest BCUT2D eigenvalue weighted by atomic mass is 10.1. The number of aliphatic hydroxyl groups is 1. The molecule has 1 fully saturated rings. The number of aliphatic hydroxyl groups excluding tert-OH is 1. The fraction of sp³-hybridized carbons (Fsp3) is 0.375. The summed E-state index contributed by atoms with van der Waals surface area (Å²) < 4.78 is 0. The molecular formula is C16H19N3OS. The van der Waals surface area contributed by atoms with E-state index in [0.717, 1.165) is 36.6 Å². The van der Waals surface area contributed by atoms with Crippen LogP contribution in [0.4, 0.5) is 5.82 Å². The largest absolute Gasteiger partial charge is 0.391 e. The van der Waals surface area contributed by atoms with E-state index in [1.807, 2.05) is 18.2 Å². The van der Waals surface area contributed by atoms with Gasteiger partial charge in [0.15, 0.2) is 5.82 Å². The molecule has 0 saturated carbocycles. The van der Waals surface area contributed by atoms with Crippen LogP contribution >= 0.6 is 11.8 Å². The van der Waals surface area contributed by atoms with Crippen molar-refractivity contribution in [2.24, 2.45) is 0 Å². The van der Waals surface area contributed by atoms with Crippen LogP contribution in [0.15, 0.2) is 41.4 Å². The quantitative estimate of drug-likeness (QED) is 0.883. The van der Waals surface area contributed by atoms with E-state index in [1.165, 1.54) is 4.90 Å². The molecule has 2 heterocycles. The molecule has 4 nitrogen and oxygen atoms in total. The van der Waals surface area contributed by atoms with Crippen molar-refractivity contribution in [2.45, 2.75) is 23.8 Å². The Hall–Kier alpha value is -1.59. The van der Waals surface area contributed by atoms with Gasteiger partial charge in [0.25, 0.3) is 0 Å². The lowest BCUT2D eigenvalue weighted by Crippen LogP contribution is -2.38. The molecule has 5 heteroatoms. The molecule has 1 aliphatic rings. The number of β-amino-alcohol motifs (C(OH)–C–C–N with tert-alkyl or cyclic N) is 1. The molecule has 1 N–H and O–H groups in total. The number of benzene rings is 1. The Balaban J connectivity index is 1.92. The molecule has 0 spiro atoms. The topological polar surface area (TPSA) is 49.2 Å². The van der Waals surface area contributed by atoms with Crippen molar-refractivity contribution >= 4 is 17.6 Å². The molecule has 0 radical (unpaired) electrons. The van der Waals surface area contributed by atoms with Crippen LogP contribution in [-0.2, 0) is 0 Å². The highest BCUT2D eigenvalue weighted by atomic mass is 32.2. The molecule has 3 rings (SSSR count). The van der Waals surface area contributed by atoms with Crippen LogP contribution in [-0.4, -0.2) is 40.5 Å². The second-order valence-electron chi connectivity index (χ2n) is 5.18. The number of hydrogen-bond acceptors (Lipinski definition) is 5. The van der Waals surface area contributed by atoms with Crippen molar-refractivity contribution < 1.29 is 5.11 Å². The van der Waals surface area contributed by atoms with Gasteiger partial charge in [-0.25, -0.2) is 9.97 Å². The zero-order chi connectivity index (χ0) is 14.7. The molecule has 1 saturated heterocycles. The van der Waals surface area contributed by atoms with Crippen LogP contribution in [0.5, 0.6) is 0 Å². The predicted octanol–water partition coefficient (Wildman–Crippen LogP) is 2.83. The van der Waals surface area contributed by atoms with Gasteiger partial charge in [0.2, 0.25) is 0 Å². The van der Waals surface area contributed by atoms with Gasteiger partial charge in [0, 0.05) is 29.7 Å². The number of piperidine rings is 1. The highest BCUT2D eigenvalue weighted by Crippen LogP contribution is 2.28. The van der Waals surface area contributed by atoms with E-state index in [9.17, 15) is 5.11 Å². The maximum Gasteiger partial charge on any atom is 0.162 e. The summed E-state index contributed by atoms with van der Waals surface area (Å²) in [5.74, 6) is 1.65. The fourth-order valence-electron chi connectivity index (χ4n) is 2.65. The van der Waals surface area contributed by atoms with E-state index in [-0.39, 0.29) is 6.10 Å². The van der Waals surface area contributed by atoms with Crippen molar-refractivity contribution in [3.8, 4) is 11.4 Å². The Morgan fingerprint density at radius 2 is 2.14 bits per heavy atom. The normalized spacial score (nSPS) is 18.8. The highest BCUT2D eigenvalue weighted by Gasteiger charge is 2.19. The average molecular weight is 301 g/mol. The Kier molecular flexibility index (Phi) is 4.41. The monoisotopic (exact) mass is 301 g/mol. The van der Waals surface area contributed by atoms with Gasteiger partial charge in [-0.15, -0.1) is 11.8 Å². The summed E-state index contributed by atoms with van der Waals surface area (Å²) in [5.41, 5.74) is 1.06. The average Bonchev–Trinajstić information content (AvgIpc) is 2.55. The molecule has 1 aromatic carbocycles.